The van der Waals surface area contributed by atoms with Crippen LogP contribution in [0.15, 0.2) is 60.7 Å². The lowest BCUT2D eigenvalue weighted by molar-refractivity contribution is -0.152. The summed E-state index contributed by atoms with van der Waals surface area (Å²) in [5, 5.41) is 13.1. The Bertz CT molecular complexity index is 811. The molecule has 1 heterocycles. The van der Waals surface area contributed by atoms with E-state index in [0.29, 0.717) is 16.9 Å². The molecule has 0 atom stereocenters. The van der Waals surface area contributed by atoms with Crippen LogP contribution >= 0.6 is 11.8 Å². The van der Waals surface area contributed by atoms with Gasteiger partial charge in [0.25, 0.3) is 11.8 Å². The Balaban J connectivity index is 1.69. The van der Waals surface area contributed by atoms with Crippen molar-refractivity contribution in [2.24, 2.45) is 0 Å². The normalized spacial score (nSPS) is 19.0. The first-order chi connectivity index (χ1) is 13.6. The standard InChI is InChI=1S/C22H24N2O3S/c25-19-16-28-21(14-8-3-9-15-21)24(19)23-20(26)22(27,17-10-4-1-5-11-17)18-12-6-2-7-13-18/h1-2,4-7,10-13,27H,3,8-9,14-16H2,(H,23,26). The molecule has 1 spiro atoms. The molecule has 0 bridgehead atoms. The number of nitrogens with zero attached hydrogens (tertiary/aromatic N) is 1. The van der Waals surface area contributed by atoms with E-state index in [1.165, 1.54) is 5.01 Å². The zero-order valence-electron chi connectivity index (χ0n) is 15.6. The van der Waals surface area contributed by atoms with E-state index in [2.05, 4.69) is 5.43 Å². The summed E-state index contributed by atoms with van der Waals surface area (Å²) in [4.78, 5) is 25.6. The minimum absolute atomic E-state index is 0.108. The lowest BCUT2D eigenvalue weighted by Crippen LogP contribution is -2.59. The molecule has 0 aromatic heterocycles. The van der Waals surface area contributed by atoms with Gasteiger partial charge in [0.05, 0.1) is 5.75 Å². The van der Waals surface area contributed by atoms with Gasteiger partial charge in [-0.05, 0) is 24.0 Å². The van der Waals surface area contributed by atoms with Crippen LogP contribution in [0.1, 0.15) is 43.2 Å². The van der Waals surface area contributed by atoms with Crippen molar-refractivity contribution in [3.8, 4) is 0 Å². The van der Waals surface area contributed by atoms with Crippen LogP contribution in [0.3, 0.4) is 0 Å². The molecule has 2 aromatic carbocycles. The van der Waals surface area contributed by atoms with Gasteiger partial charge in [-0.2, -0.15) is 0 Å². The Hall–Kier alpha value is -2.31. The fourth-order valence-electron chi connectivity index (χ4n) is 4.16. The molecule has 146 valence electrons. The summed E-state index contributed by atoms with van der Waals surface area (Å²) < 4.78 is 0. The van der Waals surface area contributed by atoms with E-state index in [1.807, 2.05) is 12.1 Å². The summed E-state index contributed by atoms with van der Waals surface area (Å²) in [6, 6.07) is 17.7. The third-order valence-electron chi connectivity index (χ3n) is 5.68. The molecule has 1 aliphatic heterocycles. The number of hydrogen-bond acceptors (Lipinski definition) is 4. The van der Waals surface area contributed by atoms with Crippen LogP contribution in [-0.4, -0.2) is 32.6 Å². The molecule has 4 rings (SSSR count). The van der Waals surface area contributed by atoms with Gasteiger partial charge in [-0.1, -0.05) is 79.9 Å². The van der Waals surface area contributed by atoms with Crippen molar-refractivity contribution < 1.29 is 14.7 Å². The molecule has 1 saturated heterocycles. The predicted molar refractivity (Wildman–Crippen MR) is 109 cm³/mol. The molecule has 0 radical (unpaired) electrons. The van der Waals surface area contributed by atoms with E-state index in [9.17, 15) is 14.7 Å². The van der Waals surface area contributed by atoms with Crippen molar-refractivity contribution in [1.82, 2.24) is 10.4 Å². The third kappa shape index (κ3) is 3.20. The Labute approximate surface area is 169 Å². The molecule has 0 unspecified atom stereocenters. The van der Waals surface area contributed by atoms with Crippen molar-refractivity contribution in [2.45, 2.75) is 42.6 Å². The van der Waals surface area contributed by atoms with E-state index in [1.54, 1.807) is 60.3 Å². The van der Waals surface area contributed by atoms with Crippen molar-refractivity contribution in [3.05, 3.63) is 71.8 Å². The minimum atomic E-state index is -1.88. The summed E-state index contributed by atoms with van der Waals surface area (Å²) in [5.41, 5.74) is 1.85. The van der Waals surface area contributed by atoms with Crippen LogP contribution < -0.4 is 5.43 Å². The highest BCUT2D eigenvalue weighted by molar-refractivity contribution is 8.01. The van der Waals surface area contributed by atoms with E-state index in [0.717, 1.165) is 32.1 Å². The fraction of sp³-hybridized carbons (Fsp3) is 0.364. The van der Waals surface area contributed by atoms with Gasteiger partial charge < -0.3 is 5.11 Å². The lowest BCUT2D eigenvalue weighted by atomic mass is 9.85. The van der Waals surface area contributed by atoms with Crippen molar-refractivity contribution in [2.75, 3.05) is 5.75 Å². The maximum atomic E-state index is 13.4. The summed E-state index contributed by atoms with van der Waals surface area (Å²) in [6.45, 7) is 0. The second kappa shape index (κ2) is 7.60. The summed E-state index contributed by atoms with van der Waals surface area (Å²) in [6.07, 6.45) is 4.94. The quantitative estimate of drug-likeness (QED) is 0.833. The van der Waals surface area contributed by atoms with E-state index in [-0.39, 0.29) is 10.8 Å². The molecular weight excluding hydrogens is 372 g/mol. The molecule has 2 aromatic rings. The Kier molecular flexibility index (Phi) is 5.17. The number of hydrogen-bond donors (Lipinski definition) is 2. The number of hydrazine groups is 1. The topological polar surface area (TPSA) is 69.6 Å². The third-order valence-corrected chi connectivity index (χ3v) is 7.20. The zero-order chi connectivity index (χ0) is 19.6. The van der Waals surface area contributed by atoms with Crippen molar-refractivity contribution in [1.29, 1.82) is 0 Å². The molecule has 5 nitrogen and oxygen atoms in total. The number of carbonyl (C=O) groups is 2. The Morgan fingerprint density at radius 3 is 2.04 bits per heavy atom. The van der Waals surface area contributed by atoms with Gasteiger partial charge in [0, 0.05) is 0 Å². The molecule has 2 N–H and O–H groups in total. The van der Waals surface area contributed by atoms with E-state index >= 15 is 0 Å². The molecule has 2 aliphatic rings. The highest BCUT2D eigenvalue weighted by Gasteiger charge is 2.50. The number of rotatable bonds is 4. The van der Waals surface area contributed by atoms with Gasteiger partial charge in [-0.25, -0.2) is 5.01 Å². The van der Waals surface area contributed by atoms with Crippen molar-refractivity contribution >= 4 is 23.6 Å². The van der Waals surface area contributed by atoms with E-state index < -0.39 is 11.5 Å². The van der Waals surface area contributed by atoms with E-state index in [4.69, 9.17) is 0 Å². The summed E-state index contributed by atoms with van der Waals surface area (Å²) >= 11 is 1.61. The van der Waals surface area contributed by atoms with Gasteiger partial charge >= 0.3 is 0 Å². The summed E-state index contributed by atoms with van der Waals surface area (Å²) in [7, 11) is 0. The van der Waals surface area contributed by atoms with Crippen LogP contribution in [0.2, 0.25) is 0 Å². The SMILES string of the molecule is O=C1CSC2(CCCCC2)N1NC(=O)C(O)(c1ccccc1)c1ccccc1. The number of amides is 2. The van der Waals surface area contributed by atoms with Crippen LogP contribution in [0.4, 0.5) is 0 Å². The van der Waals surface area contributed by atoms with Gasteiger partial charge in [-0.3, -0.25) is 15.0 Å². The van der Waals surface area contributed by atoms with Gasteiger partial charge in [-0.15, -0.1) is 11.8 Å². The predicted octanol–water partition coefficient (Wildman–Crippen LogP) is 3.19. The van der Waals surface area contributed by atoms with Gasteiger partial charge in [0.1, 0.15) is 4.87 Å². The Morgan fingerprint density at radius 1 is 0.964 bits per heavy atom. The maximum Gasteiger partial charge on any atom is 0.279 e. The molecule has 28 heavy (non-hydrogen) atoms. The average Bonchev–Trinajstić information content (AvgIpc) is 3.04. The zero-order valence-corrected chi connectivity index (χ0v) is 16.5. The number of carbonyl (C=O) groups excluding carboxylic acids is 2. The maximum absolute atomic E-state index is 13.4. The first-order valence-corrected chi connectivity index (χ1v) is 10.7. The van der Waals surface area contributed by atoms with Gasteiger partial charge in [0.15, 0.2) is 5.60 Å². The van der Waals surface area contributed by atoms with Gasteiger partial charge in [0.2, 0.25) is 0 Å². The first kappa shape index (κ1) is 19.0. The highest BCUT2D eigenvalue weighted by Crippen LogP contribution is 2.46. The van der Waals surface area contributed by atoms with Crippen LogP contribution in [0.25, 0.3) is 0 Å². The number of nitrogens with one attached hydrogen (secondary N) is 1. The molecule has 2 fully saturated rings. The van der Waals surface area contributed by atoms with Crippen LogP contribution in [0.5, 0.6) is 0 Å². The molecule has 1 aliphatic carbocycles. The number of aliphatic hydroxyl groups is 1. The average molecular weight is 397 g/mol. The molecular formula is C22H24N2O3S. The lowest BCUT2D eigenvalue weighted by Gasteiger charge is -2.41. The Morgan fingerprint density at radius 2 is 1.50 bits per heavy atom. The van der Waals surface area contributed by atoms with Crippen LogP contribution in [0, 0.1) is 0 Å². The number of thioether (sulfide) groups is 1. The number of benzene rings is 2. The minimum Gasteiger partial charge on any atom is -0.372 e. The first-order valence-electron chi connectivity index (χ1n) is 9.68. The molecule has 2 amide bonds. The smallest absolute Gasteiger partial charge is 0.279 e. The fourth-order valence-corrected chi connectivity index (χ4v) is 5.53. The largest absolute Gasteiger partial charge is 0.372 e. The second-order valence-corrected chi connectivity index (χ2v) is 8.75. The molecule has 1 saturated carbocycles. The second-order valence-electron chi connectivity index (χ2n) is 7.41. The van der Waals surface area contributed by atoms with Crippen LogP contribution in [-0.2, 0) is 15.2 Å². The monoisotopic (exact) mass is 396 g/mol. The molecule has 6 heteroatoms. The summed E-state index contributed by atoms with van der Waals surface area (Å²) in [5.74, 6) is -0.357. The highest BCUT2D eigenvalue weighted by atomic mass is 32.2. The van der Waals surface area contributed by atoms with Crippen molar-refractivity contribution in [3.63, 3.8) is 0 Å².